The van der Waals surface area contributed by atoms with Gasteiger partial charge in [0.05, 0.1) is 12.8 Å². The molecule has 0 amide bonds. The Kier molecular flexibility index (Phi) is 3.80. The van der Waals surface area contributed by atoms with Gasteiger partial charge in [0.25, 0.3) is 5.88 Å². The van der Waals surface area contributed by atoms with E-state index in [0.717, 1.165) is 0 Å². The number of anilines is 1. The highest BCUT2D eigenvalue weighted by molar-refractivity contribution is 5.45. The van der Waals surface area contributed by atoms with Crippen molar-refractivity contribution in [2.75, 3.05) is 12.3 Å². The van der Waals surface area contributed by atoms with Crippen LogP contribution >= 0.6 is 0 Å². The normalized spacial score (nSPS) is 12.8. The summed E-state index contributed by atoms with van der Waals surface area (Å²) in [4.78, 5) is 0. The lowest BCUT2D eigenvalue weighted by Crippen LogP contribution is -2.09. The van der Waals surface area contributed by atoms with E-state index in [2.05, 4.69) is 18.9 Å². The highest BCUT2D eigenvalue weighted by Gasteiger charge is 2.07. The van der Waals surface area contributed by atoms with Gasteiger partial charge in [-0.05, 0) is 12.3 Å². The topological polar surface area (TPSA) is 53.1 Å². The van der Waals surface area contributed by atoms with E-state index in [0.29, 0.717) is 24.1 Å². The van der Waals surface area contributed by atoms with Crippen molar-refractivity contribution >= 4 is 5.69 Å². The summed E-state index contributed by atoms with van der Waals surface area (Å²) in [6, 6.07) is 0. The lowest BCUT2D eigenvalue weighted by molar-refractivity contribution is 0.242. The maximum absolute atomic E-state index is 5.69. The number of aromatic nitrogens is 2. The van der Waals surface area contributed by atoms with Gasteiger partial charge in [0.2, 0.25) is 0 Å². The highest BCUT2D eigenvalue weighted by Crippen LogP contribution is 2.18. The number of hydrogen-bond acceptors (Lipinski definition) is 3. The molecule has 1 aromatic heterocycles. The Bertz CT molecular complexity index is 283. The molecule has 80 valence electrons. The van der Waals surface area contributed by atoms with Gasteiger partial charge in [-0.3, -0.25) is 4.68 Å². The van der Waals surface area contributed by atoms with Gasteiger partial charge in [-0.15, -0.1) is 5.10 Å². The monoisotopic (exact) mass is 197 g/mol. The van der Waals surface area contributed by atoms with Crippen LogP contribution in [0.3, 0.4) is 0 Å². The molecule has 0 spiro atoms. The third-order valence-electron chi connectivity index (χ3n) is 2.11. The second-order valence-electron chi connectivity index (χ2n) is 3.77. The average molecular weight is 197 g/mol. The molecule has 0 aliphatic rings. The van der Waals surface area contributed by atoms with Crippen molar-refractivity contribution in [2.45, 2.75) is 26.7 Å². The molecule has 0 radical (unpaired) electrons. The second kappa shape index (κ2) is 4.88. The number of rotatable bonds is 5. The third-order valence-corrected chi connectivity index (χ3v) is 2.11. The maximum Gasteiger partial charge on any atom is 0.256 e. The highest BCUT2D eigenvalue weighted by atomic mass is 16.5. The van der Waals surface area contributed by atoms with E-state index in [-0.39, 0.29) is 0 Å². The summed E-state index contributed by atoms with van der Waals surface area (Å²) >= 11 is 0. The van der Waals surface area contributed by atoms with E-state index in [1.54, 1.807) is 10.9 Å². The number of nitrogen functional groups attached to an aromatic ring is 1. The first-order chi connectivity index (χ1) is 6.63. The summed E-state index contributed by atoms with van der Waals surface area (Å²) in [6.07, 6.45) is 4.11. The summed E-state index contributed by atoms with van der Waals surface area (Å²) in [7, 11) is 1.83. The van der Waals surface area contributed by atoms with Crippen LogP contribution in [0.4, 0.5) is 5.69 Å². The molecule has 2 N–H and O–H groups in total. The van der Waals surface area contributed by atoms with Crippen molar-refractivity contribution < 1.29 is 4.74 Å². The summed E-state index contributed by atoms with van der Waals surface area (Å²) in [5.41, 5.74) is 6.30. The molecule has 1 atom stereocenters. The smallest absolute Gasteiger partial charge is 0.256 e. The van der Waals surface area contributed by atoms with Crippen LogP contribution in [0.5, 0.6) is 5.88 Å². The minimum atomic E-state index is 0.551. The van der Waals surface area contributed by atoms with Gasteiger partial charge in [0.15, 0.2) is 0 Å². The third kappa shape index (κ3) is 2.94. The molecule has 0 fully saturated rings. The zero-order valence-corrected chi connectivity index (χ0v) is 9.16. The lowest BCUT2D eigenvalue weighted by Gasteiger charge is -2.10. The molecule has 14 heavy (non-hydrogen) atoms. The molecular formula is C10H19N3O. The fourth-order valence-electron chi connectivity index (χ4n) is 1.40. The first kappa shape index (κ1) is 10.9. The van der Waals surface area contributed by atoms with Crippen molar-refractivity contribution in [3.8, 4) is 5.88 Å². The molecule has 1 unspecified atom stereocenters. The molecule has 0 saturated heterocycles. The van der Waals surface area contributed by atoms with Crippen molar-refractivity contribution in [2.24, 2.45) is 13.0 Å². The summed E-state index contributed by atoms with van der Waals surface area (Å²) in [5, 5.41) is 4.11. The number of hydrogen-bond donors (Lipinski definition) is 1. The fraction of sp³-hybridized carbons (Fsp3) is 0.700. The predicted molar refractivity (Wildman–Crippen MR) is 57.2 cm³/mol. The van der Waals surface area contributed by atoms with Crippen LogP contribution in [0.15, 0.2) is 6.20 Å². The summed E-state index contributed by atoms with van der Waals surface area (Å²) < 4.78 is 7.18. The van der Waals surface area contributed by atoms with Crippen LogP contribution in [0.1, 0.15) is 26.7 Å². The van der Waals surface area contributed by atoms with E-state index in [1.807, 2.05) is 7.05 Å². The van der Waals surface area contributed by atoms with Crippen molar-refractivity contribution in [1.82, 2.24) is 9.78 Å². The van der Waals surface area contributed by atoms with Crippen LogP contribution in [-0.4, -0.2) is 16.4 Å². The number of ether oxygens (including phenoxy) is 1. The first-order valence-electron chi connectivity index (χ1n) is 5.05. The molecule has 0 bridgehead atoms. The zero-order valence-electron chi connectivity index (χ0n) is 9.16. The van der Waals surface area contributed by atoms with Crippen LogP contribution in [0, 0.1) is 5.92 Å². The van der Waals surface area contributed by atoms with Crippen molar-refractivity contribution in [3.63, 3.8) is 0 Å². The van der Waals surface area contributed by atoms with Gasteiger partial charge in [-0.1, -0.05) is 20.3 Å². The quantitative estimate of drug-likeness (QED) is 0.783. The second-order valence-corrected chi connectivity index (χ2v) is 3.77. The van der Waals surface area contributed by atoms with Gasteiger partial charge < -0.3 is 10.5 Å². The molecule has 0 aromatic carbocycles. The van der Waals surface area contributed by atoms with Crippen LogP contribution in [-0.2, 0) is 7.05 Å². The Morgan fingerprint density at radius 1 is 1.64 bits per heavy atom. The van der Waals surface area contributed by atoms with Gasteiger partial charge in [-0.25, -0.2) is 0 Å². The molecule has 1 rings (SSSR count). The molecule has 1 aromatic rings. The minimum absolute atomic E-state index is 0.551. The van der Waals surface area contributed by atoms with Crippen molar-refractivity contribution in [3.05, 3.63) is 6.20 Å². The van der Waals surface area contributed by atoms with E-state index >= 15 is 0 Å². The molecule has 4 nitrogen and oxygen atoms in total. The number of nitrogens with two attached hydrogens (primary N) is 1. The van der Waals surface area contributed by atoms with Gasteiger partial charge in [0.1, 0.15) is 5.69 Å². The zero-order chi connectivity index (χ0) is 10.6. The van der Waals surface area contributed by atoms with E-state index < -0.39 is 0 Å². The SMILES string of the molecule is CCCC(C)COc1nn(C)cc1N. The van der Waals surface area contributed by atoms with Crippen molar-refractivity contribution in [1.29, 1.82) is 0 Å². The molecule has 1 heterocycles. The van der Waals surface area contributed by atoms with E-state index in [9.17, 15) is 0 Å². The van der Waals surface area contributed by atoms with Crippen LogP contribution in [0.2, 0.25) is 0 Å². The Morgan fingerprint density at radius 3 is 2.86 bits per heavy atom. The number of nitrogens with zero attached hydrogens (tertiary/aromatic N) is 2. The molecule has 4 heteroatoms. The largest absolute Gasteiger partial charge is 0.475 e. The lowest BCUT2D eigenvalue weighted by atomic mass is 10.1. The predicted octanol–water partition coefficient (Wildman–Crippen LogP) is 1.82. The molecule has 0 aliphatic carbocycles. The Morgan fingerprint density at radius 2 is 2.36 bits per heavy atom. The van der Waals surface area contributed by atoms with Gasteiger partial charge in [-0.2, -0.15) is 0 Å². The summed E-state index contributed by atoms with van der Waals surface area (Å²) in [6.45, 7) is 5.03. The van der Waals surface area contributed by atoms with Gasteiger partial charge in [0, 0.05) is 7.05 Å². The molecule has 0 saturated carbocycles. The van der Waals surface area contributed by atoms with Crippen LogP contribution in [0.25, 0.3) is 0 Å². The average Bonchev–Trinajstić information content (AvgIpc) is 2.42. The standard InChI is InChI=1S/C10H19N3O/c1-4-5-8(2)7-14-10-9(11)6-13(3)12-10/h6,8H,4-5,7,11H2,1-3H3. The van der Waals surface area contributed by atoms with Gasteiger partial charge >= 0.3 is 0 Å². The number of aryl methyl sites for hydroxylation is 1. The van der Waals surface area contributed by atoms with Crippen LogP contribution < -0.4 is 10.5 Å². The Labute approximate surface area is 85.0 Å². The fourth-order valence-corrected chi connectivity index (χ4v) is 1.40. The summed E-state index contributed by atoms with van der Waals surface area (Å²) in [5.74, 6) is 1.11. The molecule has 0 aliphatic heterocycles. The van der Waals surface area contributed by atoms with E-state index in [1.165, 1.54) is 12.8 Å². The Balaban J connectivity index is 2.41. The molecular weight excluding hydrogens is 178 g/mol. The maximum atomic E-state index is 5.69. The minimum Gasteiger partial charge on any atom is -0.475 e. The first-order valence-corrected chi connectivity index (χ1v) is 5.05. The van der Waals surface area contributed by atoms with E-state index in [4.69, 9.17) is 10.5 Å². The Hall–Kier alpha value is -1.19.